The zero-order valence-corrected chi connectivity index (χ0v) is 28.5. The Labute approximate surface area is 269 Å². The molecule has 44 heavy (non-hydrogen) atoms. The Balaban J connectivity index is 1.60. The number of primary amides is 1. The average Bonchev–Trinajstić information content (AvgIpc) is 2.97. The largest absolute Gasteiger partial charge is 0.465 e. The molecule has 0 bridgehead atoms. The Morgan fingerprint density at radius 2 is 1.82 bits per heavy atom. The van der Waals surface area contributed by atoms with Gasteiger partial charge in [0.1, 0.15) is 6.61 Å². The normalized spacial score (nSPS) is 19.2. The van der Waals surface area contributed by atoms with Crippen LogP contribution >= 0.6 is 11.6 Å². The lowest BCUT2D eigenvalue weighted by Crippen LogP contribution is -2.52. The molecule has 1 heterocycles. The SMILES string of the molecule is C[Si](C)(C)CCOC(=O)CNC[C@H](CC1CCCCC1)NC(=O)N1CCC[C@@H]([C@@H](OCCOC(N)=O)c2cccc(Cl)c2)C1. The van der Waals surface area contributed by atoms with E-state index in [9.17, 15) is 14.4 Å². The van der Waals surface area contributed by atoms with Crippen LogP contribution in [-0.4, -0.2) is 83.1 Å². The number of halogens is 1. The van der Waals surface area contributed by atoms with Crippen molar-refractivity contribution in [3.8, 4) is 0 Å². The van der Waals surface area contributed by atoms with Crippen LogP contribution in [0.4, 0.5) is 9.59 Å². The van der Waals surface area contributed by atoms with Crippen molar-refractivity contribution < 1.29 is 28.6 Å². The van der Waals surface area contributed by atoms with Crippen LogP contribution in [0.2, 0.25) is 30.7 Å². The fourth-order valence-electron chi connectivity index (χ4n) is 6.10. The highest BCUT2D eigenvalue weighted by molar-refractivity contribution is 6.76. The molecule has 1 saturated heterocycles. The first kappa shape index (κ1) is 36.1. The molecule has 10 nitrogen and oxygen atoms in total. The van der Waals surface area contributed by atoms with Crippen LogP contribution < -0.4 is 16.4 Å². The molecule has 0 unspecified atom stereocenters. The number of ether oxygens (including phenoxy) is 3. The molecule has 1 aliphatic carbocycles. The number of esters is 1. The number of likely N-dealkylation sites (tertiary alicyclic amines) is 1. The lowest BCUT2D eigenvalue weighted by atomic mass is 9.84. The van der Waals surface area contributed by atoms with E-state index in [2.05, 4.69) is 30.3 Å². The zero-order chi connectivity index (χ0) is 32.0. The predicted molar refractivity (Wildman–Crippen MR) is 175 cm³/mol. The second-order valence-corrected chi connectivity index (χ2v) is 19.5. The fraction of sp³-hybridized carbons (Fsp3) is 0.719. The van der Waals surface area contributed by atoms with Gasteiger partial charge in [-0.05, 0) is 48.9 Å². The van der Waals surface area contributed by atoms with E-state index in [1.54, 1.807) is 0 Å². The number of nitrogens with two attached hydrogens (primary N) is 1. The molecule has 3 atom stereocenters. The molecule has 248 valence electrons. The Morgan fingerprint density at radius 3 is 2.52 bits per heavy atom. The first-order valence-electron chi connectivity index (χ1n) is 16.2. The van der Waals surface area contributed by atoms with Gasteiger partial charge in [0, 0.05) is 44.7 Å². The summed E-state index contributed by atoms with van der Waals surface area (Å²) < 4.78 is 16.5. The number of nitrogens with one attached hydrogen (secondary N) is 2. The highest BCUT2D eigenvalue weighted by Crippen LogP contribution is 2.34. The van der Waals surface area contributed by atoms with Crippen LogP contribution in [0.25, 0.3) is 0 Å². The minimum absolute atomic E-state index is 0.0300. The van der Waals surface area contributed by atoms with E-state index in [-0.39, 0.29) is 49.8 Å². The maximum Gasteiger partial charge on any atom is 0.404 e. The highest BCUT2D eigenvalue weighted by atomic mass is 35.5. The molecule has 2 aliphatic rings. The minimum atomic E-state index is -1.27. The maximum atomic E-state index is 13.6. The van der Waals surface area contributed by atoms with Gasteiger partial charge < -0.3 is 35.5 Å². The first-order chi connectivity index (χ1) is 21.0. The second kappa shape index (κ2) is 18.6. The van der Waals surface area contributed by atoms with E-state index in [1.165, 1.54) is 32.1 Å². The number of amides is 3. The summed E-state index contributed by atoms with van der Waals surface area (Å²) in [6, 6.07) is 8.29. The Hall–Kier alpha value is -2.34. The van der Waals surface area contributed by atoms with E-state index in [4.69, 9.17) is 31.5 Å². The standard InChI is InChI=1S/C32H53ClN4O6Si/c1-44(2,3)18-17-41-29(38)22-35-21-28(19-24-9-5-4-6-10-24)36-32(40)37-14-8-12-26(23-37)30(42-15-16-43-31(34)39)25-11-7-13-27(33)20-25/h7,11,13,20,24,26,28,30,35H,4-6,8-10,12,14-19,21-23H2,1-3H3,(H2,34,39)(H,36,40)/t26-,28+,30+/m1/s1. The summed E-state index contributed by atoms with van der Waals surface area (Å²) in [5.41, 5.74) is 6.02. The summed E-state index contributed by atoms with van der Waals surface area (Å²) in [5, 5.41) is 7.14. The van der Waals surface area contributed by atoms with Gasteiger partial charge in [0.25, 0.3) is 0 Å². The first-order valence-corrected chi connectivity index (χ1v) is 20.3. The molecule has 2 fully saturated rings. The number of nitrogens with zero attached hydrogens (tertiary/aromatic N) is 1. The van der Waals surface area contributed by atoms with Gasteiger partial charge in [-0.1, -0.05) is 75.5 Å². The summed E-state index contributed by atoms with van der Waals surface area (Å²) >= 11 is 6.30. The van der Waals surface area contributed by atoms with Crippen LogP contribution in [0.3, 0.4) is 0 Å². The third-order valence-corrected chi connectivity index (χ3v) is 10.4. The summed E-state index contributed by atoms with van der Waals surface area (Å²) in [5.74, 6) is 0.345. The summed E-state index contributed by atoms with van der Waals surface area (Å²) in [6.07, 6.45) is 7.51. The fourth-order valence-corrected chi connectivity index (χ4v) is 7.02. The van der Waals surface area contributed by atoms with Gasteiger partial charge >= 0.3 is 18.1 Å². The molecule has 0 radical (unpaired) electrons. The summed E-state index contributed by atoms with van der Waals surface area (Å²) in [6.45, 7) is 9.28. The van der Waals surface area contributed by atoms with E-state index in [1.807, 2.05) is 29.2 Å². The monoisotopic (exact) mass is 652 g/mol. The van der Waals surface area contributed by atoms with Gasteiger partial charge in [0.15, 0.2) is 0 Å². The quantitative estimate of drug-likeness (QED) is 0.118. The molecule has 4 N–H and O–H groups in total. The molecule has 1 aromatic rings. The zero-order valence-electron chi connectivity index (χ0n) is 26.8. The van der Waals surface area contributed by atoms with Gasteiger partial charge in [0.05, 0.1) is 25.9 Å². The molecular formula is C32H53ClN4O6Si. The van der Waals surface area contributed by atoms with Crippen LogP contribution in [0.1, 0.15) is 63.0 Å². The smallest absolute Gasteiger partial charge is 0.404 e. The van der Waals surface area contributed by atoms with Crippen molar-refractivity contribution in [2.24, 2.45) is 17.6 Å². The van der Waals surface area contributed by atoms with Crippen molar-refractivity contribution >= 4 is 37.8 Å². The Bertz CT molecular complexity index is 1050. The van der Waals surface area contributed by atoms with E-state index < -0.39 is 14.2 Å². The molecule has 1 aliphatic heterocycles. The molecule has 1 saturated carbocycles. The average molecular weight is 653 g/mol. The minimum Gasteiger partial charge on any atom is -0.465 e. The van der Waals surface area contributed by atoms with Gasteiger partial charge in [-0.25, -0.2) is 9.59 Å². The van der Waals surface area contributed by atoms with Gasteiger partial charge in [-0.2, -0.15) is 0 Å². The lowest BCUT2D eigenvalue weighted by molar-refractivity contribution is -0.142. The van der Waals surface area contributed by atoms with Crippen LogP contribution in [0.5, 0.6) is 0 Å². The molecule has 3 amide bonds. The molecule has 0 spiro atoms. The van der Waals surface area contributed by atoms with Gasteiger partial charge in [-0.3, -0.25) is 4.79 Å². The number of urea groups is 1. The van der Waals surface area contributed by atoms with E-state index in [0.717, 1.165) is 30.9 Å². The number of carbonyl (C=O) groups excluding carboxylic acids is 3. The Kier molecular flexibility index (Phi) is 15.3. The van der Waals surface area contributed by atoms with Crippen LogP contribution in [0.15, 0.2) is 24.3 Å². The van der Waals surface area contributed by atoms with Crippen LogP contribution in [-0.2, 0) is 19.0 Å². The third-order valence-electron chi connectivity index (χ3n) is 8.42. The Morgan fingerprint density at radius 1 is 1.05 bits per heavy atom. The number of hydrogen-bond acceptors (Lipinski definition) is 7. The summed E-state index contributed by atoms with van der Waals surface area (Å²) in [4.78, 5) is 38.8. The van der Waals surface area contributed by atoms with Crippen molar-refractivity contribution in [2.45, 2.75) is 89.2 Å². The number of piperidine rings is 1. The predicted octanol–water partition coefficient (Wildman–Crippen LogP) is 5.72. The lowest BCUT2D eigenvalue weighted by Gasteiger charge is -2.38. The number of rotatable bonds is 16. The molecular weight excluding hydrogens is 600 g/mol. The number of benzene rings is 1. The van der Waals surface area contributed by atoms with Crippen molar-refractivity contribution in [2.75, 3.05) is 46.0 Å². The number of hydrogen-bond donors (Lipinski definition) is 3. The number of carbonyl (C=O) groups is 3. The maximum absolute atomic E-state index is 13.6. The molecule has 1 aromatic carbocycles. The molecule has 3 rings (SSSR count). The summed E-state index contributed by atoms with van der Waals surface area (Å²) in [7, 11) is -1.27. The molecule has 12 heteroatoms. The van der Waals surface area contributed by atoms with Crippen molar-refractivity contribution in [3.63, 3.8) is 0 Å². The van der Waals surface area contributed by atoms with E-state index in [0.29, 0.717) is 37.2 Å². The topological polar surface area (TPSA) is 132 Å². The second-order valence-electron chi connectivity index (χ2n) is 13.4. The van der Waals surface area contributed by atoms with Crippen molar-refractivity contribution in [3.05, 3.63) is 34.9 Å². The highest BCUT2D eigenvalue weighted by Gasteiger charge is 2.32. The molecule has 0 aromatic heterocycles. The van der Waals surface area contributed by atoms with Crippen molar-refractivity contribution in [1.29, 1.82) is 0 Å². The van der Waals surface area contributed by atoms with Gasteiger partial charge in [-0.15, -0.1) is 0 Å². The van der Waals surface area contributed by atoms with Crippen LogP contribution in [0, 0.1) is 11.8 Å². The van der Waals surface area contributed by atoms with E-state index >= 15 is 0 Å². The van der Waals surface area contributed by atoms with Crippen molar-refractivity contribution in [1.82, 2.24) is 15.5 Å². The third kappa shape index (κ3) is 13.7. The van der Waals surface area contributed by atoms with Gasteiger partial charge in [0.2, 0.25) is 0 Å².